The highest BCUT2D eigenvalue weighted by Gasteiger charge is 2.47. The Morgan fingerprint density at radius 1 is 0.959 bits per heavy atom. The second kappa shape index (κ2) is 14.6. The molecule has 0 saturated carbocycles. The molecule has 1 aromatic heterocycles. The molecule has 4 aliphatic rings. The zero-order chi connectivity index (χ0) is 34.0. The van der Waals surface area contributed by atoms with E-state index in [-0.39, 0.29) is 6.61 Å². The minimum absolute atomic E-state index is 0.285. The number of halogens is 2. The summed E-state index contributed by atoms with van der Waals surface area (Å²) in [6.45, 7) is 14.3. The van der Waals surface area contributed by atoms with Gasteiger partial charge in [0, 0.05) is 76.1 Å². The third-order valence-electron chi connectivity index (χ3n) is 11.3. The van der Waals surface area contributed by atoms with Crippen LogP contribution < -0.4 is 19.7 Å². The Labute approximate surface area is 300 Å². The maximum Gasteiger partial charge on any atom is 0.225 e. The molecule has 1 spiro atoms. The third kappa shape index (κ3) is 7.36. The van der Waals surface area contributed by atoms with Crippen molar-refractivity contribution in [2.24, 2.45) is 5.41 Å². The van der Waals surface area contributed by atoms with E-state index in [1.165, 1.54) is 65.0 Å². The van der Waals surface area contributed by atoms with Gasteiger partial charge in [-0.3, -0.25) is 9.80 Å². The lowest BCUT2D eigenvalue weighted by Gasteiger charge is -2.57. The quantitative estimate of drug-likeness (QED) is 0.247. The average molecular weight is 705 g/mol. The number of likely N-dealkylation sites (tertiary alicyclic amines) is 2. The predicted molar refractivity (Wildman–Crippen MR) is 194 cm³/mol. The number of benzene rings is 2. The van der Waals surface area contributed by atoms with Gasteiger partial charge in [-0.25, -0.2) is 9.97 Å². The molecule has 4 saturated heterocycles. The van der Waals surface area contributed by atoms with Gasteiger partial charge in [0.05, 0.1) is 22.2 Å². The number of hydrogen-bond donors (Lipinski definition) is 1. The van der Waals surface area contributed by atoms with Crippen LogP contribution in [0, 0.1) is 16.7 Å². The fourth-order valence-electron chi connectivity index (χ4n) is 7.95. The van der Waals surface area contributed by atoms with E-state index in [1.807, 2.05) is 36.5 Å². The zero-order valence-corrected chi connectivity index (χ0v) is 30.1. The molecule has 260 valence electrons. The van der Waals surface area contributed by atoms with Gasteiger partial charge in [-0.2, -0.15) is 5.26 Å². The average Bonchev–Trinajstić information content (AvgIpc) is 3.09. The summed E-state index contributed by atoms with van der Waals surface area (Å²) in [6.07, 6.45) is 6.91. The highest BCUT2D eigenvalue weighted by Crippen LogP contribution is 2.43. The fourth-order valence-corrected chi connectivity index (χ4v) is 8.30. The van der Waals surface area contributed by atoms with Crippen molar-refractivity contribution in [3.8, 4) is 17.6 Å². The van der Waals surface area contributed by atoms with Crippen molar-refractivity contribution in [3.05, 3.63) is 76.1 Å². The van der Waals surface area contributed by atoms with Gasteiger partial charge in [-0.15, -0.1) is 11.6 Å². The number of hydrogen-bond acceptors (Lipinski definition) is 9. The molecule has 1 N–H and O–H groups in total. The van der Waals surface area contributed by atoms with Crippen LogP contribution in [0.4, 0.5) is 5.95 Å². The van der Waals surface area contributed by atoms with E-state index < -0.39 is 5.41 Å². The van der Waals surface area contributed by atoms with Crippen LogP contribution in [0.5, 0.6) is 11.5 Å². The normalized spacial score (nSPS) is 20.4. The fraction of sp³-hybridized carbons (Fsp3) is 0.553. The first-order chi connectivity index (χ1) is 23.8. The van der Waals surface area contributed by atoms with Gasteiger partial charge in [0.25, 0.3) is 0 Å². The Kier molecular flexibility index (Phi) is 10.2. The van der Waals surface area contributed by atoms with Crippen LogP contribution in [0.25, 0.3) is 0 Å². The third-order valence-corrected chi connectivity index (χ3v) is 11.8. The summed E-state index contributed by atoms with van der Waals surface area (Å²) in [5, 5.41) is 13.6. The molecule has 5 heterocycles. The minimum atomic E-state index is -0.407. The number of aromatic nitrogens is 2. The van der Waals surface area contributed by atoms with Crippen LogP contribution >= 0.6 is 23.2 Å². The SMILES string of the molecule is CC(C)(c1ccc(OCc2ccnc(N3CCC4(CC3)CN(C3CCN(C5CNC5)CC3)C4)n2)cc1)c1cc(Cl)c(OCCCl)c(C#N)c1. The number of piperidine rings is 2. The molecule has 0 aliphatic carbocycles. The summed E-state index contributed by atoms with van der Waals surface area (Å²) in [4.78, 5) is 17.3. The van der Waals surface area contributed by atoms with Crippen molar-refractivity contribution >= 4 is 29.2 Å². The molecular formula is C38H47Cl2N7O2. The van der Waals surface area contributed by atoms with Gasteiger partial charge in [-0.05, 0) is 72.6 Å². The van der Waals surface area contributed by atoms with Crippen LogP contribution in [0.2, 0.25) is 5.02 Å². The van der Waals surface area contributed by atoms with Crippen LogP contribution in [0.3, 0.4) is 0 Å². The Morgan fingerprint density at radius 3 is 2.35 bits per heavy atom. The standard InChI is InChI=1S/C38H47Cl2N7O2/c1-37(2,29-19-27(21-41)35(34(40)20-29)48-18-12-39)28-3-5-33(6-4-28)49-24-30-7-13-43-36(44-30)46-16-10-38(11-17-46)25-47(26-38)31-8-14-45(15-9-31)32-22-42-23-32/h3-7,13,19-20,31-32,42H,8-12,14-18,22-26H2,1-2H3. The van der Waals surface area contributed by atoms with Crippen molar-refractivity contribution in [2.75, 3.05) is 69.7 Å². The molecule has 4 aliphatic heterocycles. The monoisotopic (exact) mass is 703 g/mol. The van der Waals surface area contributed by atoms with E-state index >= 15 is 0 Å². The van der Waals surface area contributed by atoms with Crippen molar-refractivity contribution in [2.45, 2.75) is 63.6 Å². The maximum absolute atomic E-state index is 9.74. The Balaban J connectivity index is 0.899. The summed E-state index contributed by atoms with van der Waals surface area (Å²) < 4.78 is 11.8. The molecule has 4 fully saturated rings. The summed E-state index contributed by atoms with van der Waals surface area (Å²) in [5.74, 6) is 2.26. The first-order valence-corrected chi connectivity index (χ1v) is 18.6. The summed E-state index contributed by atoms with van der Waals surface area (Å²) in [5.41, 5.74) is 3.32. The van der Waals surface area contributed by atoms with E-state index in [0.29, 0.717) is 34.2 Å². The molecule has 9 nitrogen and oxygen atoms in total. The van der Waals surface area contributed by atoms with E-state index in [4.69, 9.17) is 37.7 Å². The first kappa shape index (κ1) is 34.3. The van der Waals surface area contributed by atoms with Gasteiger partial charge in [0.2, 0.25) is 5.95 Å². The zero-order valence-electron chi connectivity index (χ0n) is 28.6. The second-order valence-corrected chi connectivity index (χ2v) is 15.5. The molecule has 0 unspecified atom stereocenters. The number of nitrogens with one attached hydrogen (secondary N) is 1. The number of nitrogens with zero attached hydrogens (tertiary/aromatic N) is 6. The van der Waals surface area contributed by atoms with Crippen molar-refractivity contribution < 1.29 is 9.47 Å². The van der Waals surface area contributed by atoms with Gasteiger partial charge in [-0.1, -0.05) is 37.6 Å². The number of ether oxygens (including phenoxy) is 2. The van der Waals surface area contributed by atoms with E-state index in [9.17, 15) is 5.26 Å². The lowest BCUT2D eigenvalue weighted by Crippen LogP contribution is -2.65. The highest BCUT2D eigenvalue weighted by molar-refractivity contribution is 6.32. The molecule has 2 aromatic carbocycles. The molecular weight excluding hydrogens is 657 g/mol. The highest BCUT2D eigenvalue weighted by atomic mass is 35.5. The molecule has 7 rings (SSSR count). The van der Waals surface area contributed by atoms with Gasteiger partial charge in [0.15, 0.2) is 5.75 Å². The van der Waals surface area contributed by atoms with Gasteiger partial charge < -0.3 is 19.7 Å². The van der Waals surface area contributed by atoms with E-state index in [1.54, 1.807) is 0 Å². The number of rotatable bonds is 11. The molecule has 0 bridgehead atoms. The van der Waals surface area contributed by atoms with E-state index in [0.717, 1.165) is 53.7 Å². The van der Waals surface area contributed by atoms with Crippen molar-refractivity contribution in [3.63, 3.8) is 0 Å². The Morgan fingerprint density at radius 2 is 1.69 bits per heavy atom. The molecule has 3 aromatic rings. The molecule has 11 heteroatoms. The summed E-state index contributed by atoms with van der Waals surface area (Å²) >= 11 is 12.3. The van der Waals surface area contributed by atoms with Crippen LogP contribution in [-0.2, 0) is 12.0 Å². The van der Waals surface area contributed by atoms with Gasteiger partial charge in [0.1, 0.15) is 25.0 Å². The summed E-state index contributed by atoms with van der Waals surface area (Å²) in [6, 6.07) is 17.5. The van der Waals surface area contributed by atoms with E-state index in [2.05, 4.69) is 57.0 Å². The maximum atomic E-state index is 9.74. The predicted octanol–water partition coefficient (Wildman–Crippen LogP) is 5.86. The topological polar surface area (TPSA) is 89.8 Å². The molecule has 49 heavy (non-hydrogen) atoms. The lowest BCUT2D eigenvalue weighted by atomic mass is 9.71. The lowest BCUT2D eigenvalue weighted by molar-refractivity contribution is -0.0652. The minimum Gasteiger partial charge on any atom is -0.489 e. The number of nitriles is 1. The van der Waals surface area contributed by atoms with Crippen LogP contribution in [0.15, 0.2) is 48.7 Å². The smallest absolute Gasteiger partial charge is 0.225 e. The second-order valence-electron chi connectivity index (χ2n) is 14.7. The summed E-state index contributed by atoms with van der Waals surface area (Å²) in [7, 11) is 0. The number of anilines is 1. The van der Waals surface area contributed by atoms with Crippen molar-refractivity contribution in [1.29, 1.82) is 5.26 Å². The largest absolute Gasteiger partial charge is 0.489 e. The molecule has 0 atom stereocenters. The van der Waals surface area contributed by atoms with Gasteiger partial charge >= 0.3 is 0 Å². The Bertz CT molecular complexity index is 1630. The van der Waals surface area contributed by atoms with Crippen LogP contribution in [-0.4, -0.2) is 96.7 Å². The molecule has 0 amide bonds. The first-order valence-electron chi connectivity index (χ1n) is 17.7. The van der Waals surface area contributed by atoms with Crippen molar-refractivity contribution in [1.82, 2.24) is 25.1 Å². The van der Waals surface area contributed by atoms with Crippen LogP contribution in [0.1, 0.15) is 61.9 Å². The molecule has 0 radical (unpaired) electrons. The Hall–Kier alpha value is -3.13. The number of alkyl halides is 1.